The van der Waals surface area contributed by atoms with Gasteiger partial charge in [-0.3, -0.25) is 4.79 Å². The quantitative estimate of drug-likeness (QED) is 0.651. The molecule has 4 atom stereocenters. The van der Waals surface area contributed by atoms with E-state index < -0.39 is 11.2 Å². The van der Waals surface area contributed by atoms with Crippen molar-refractivity contribution in [3.8, 4) is 0 Å². The second-order valence-corrected chi connectivity index (χ2v) is 5.48. The Labute approximate surface area is 106 Å². The Morgan fingerprint density at radius 1 is 1.50 bits per heavy atom. The number of methoxy groups -OCH3 is 1. The van der Waals surface area contributed by atoms with Gasteiger partial charge in [-0.2, -0.15) is 0 Å². The van der Waals surface area contributed by atoms with Gasteiger partial charge < -0.3 is 14.2 Å². The van der Waals surface area contributed by atoms with E-state index in [0.717, 1.165) is 12.0 Å². The smallest absolute Gasteiger partial charge is 0.243 e. The van der Waals surface area contributed by atoms with Crippen molar-refractivity contribution in [2.75, 3.05) is 26.9 Å². The molecule has 1 spiro atoms. The lowest BCUT2D eigenvalue weighted by Gasteiger charge is -2.60. The molecule has 0 amide bonds. The van der Waals surface area contributed by atoms with Crippen LogP contribution in [0.15, 0.2) is 23.8 Å². The van der Waals surface area contributed by atoms with Crippen molar-refractivity contribution < 1.29 is 19.0 Å². The molecule has 3 unspecified atom stereocenters. The number of allylic oxidation sites excluding steroid dienone is 2. The first-order valence-corrected chi connectivity index (χ1v) is 6.46. The van der Waals surface area contributed by atoms with Crippen LogP contribution in [0, 0.1) is 17.3 Å². The highest BCUT2D eigenvalue weighted by molar-refractivity contribution is 5.96. The van der Waals surface area contributed by atoms with Crippen molar-refractivity contribution in [1.82, 2.24) is 0 Å². The van der Waals surface area contributed by atoms with Crippen molar-refractivity contribution >= 4 is 5.78 Å². The van der Waals surface area contributed by atoms with E-state index in [1.54, 1.807) is 7.11 Å². The number of ether oxygens (including phenoxy) is 3. The van der Waals surface area contributed by atoms with E-state index in [1.807, 2.05) is 12.2 Å². The van der Waals surface area contributed by atoms with Crippen LogP contribution in [0.3, 0.4) is 0 Å². The minimum Gasteiger partial charge on any atom is -0.377 e. The minimum absolute atomic E-state index is 0.0443. The van der Waals surface area contributed by atoms with Crippen molar-refractivity contribution in [3.63, 3.8) is 0 Å². The summed E-state index contributed by atoms with van der Waals surface area (Å²) >= 11 is 0. The van der Waals surface area contributed by atoms with Crippen LogP contribution >= 0.6 is 0 Å². The largest absolute Gasteiger partial charge is 0.377 e. The van der Waals surface area contributed by atoms with Crippen LogP contribution in [-0.2, 0) is 19.0 Å². The third-order valence-corrected chi connectivity index (χ3v) is 4.93. The van der Waals surface area contributed by atoms with Crippen LogP contribution in [-0.4, -0.2) is 38.5 Å². The average molecular weight is 248 g/mol. The highest BCUT2D eigenvalue weighted by Gasteiger charge is 2.69. The molecule has 18 heavy (non-hydrogen) atoms. The van der Waals surface area contributed by atoms with Gasteiger partial charge in [-0.1, -0.05) is 18.2 Å². The molecule has 0 radical (unpaired) electrons. The lowest BCUT2D eigenvalue weighted by molar-refractivity contribution is -0.298. The molecule has 5 aliphatic rings. The fourth-order valence-corrected chi connectivity index (χ4v) is 4.13. The first-order valence-electron chi connectivity index (χ1n) is 6.46. The van der Waals surface area contributed by atoms with Crippen LogP contribution in [0.5, 0.6) is 0 Å². The predicted molar refractivity (Wildman–Crippen MR) is 62.8 cm³/mol. The summed E-state index contributed by atoms with van der Waals surface area (Å²) in [6, 6.07) is 0. The summed E-state index contributed by atoms with van der Waals surface area (Å²) < 4.78 is 17.2. The maximum absolute atomic E-state index is 12.6. The molecule has 2 bridgehead atoms. The second-order valence-electron chi connectivity index (χ2n) is 5.48. The average Bonchev–Trinajstić information content (AvgIpc) is 2.42. The Kier molecular flexibility index (Phi) is 2.01. The standard InChI is InChI=1S/C14H16O4/c1-16-14-12(15)9-2-4-13(14)10(3-5-18-14)7-17-8-11(13)6-9/h2,4,6,9-10H,3,5,7-8H2,1H3/t9?,10-,13?,14?/m0/s1. The molecule has 5 rings (SSSR count). The van der Waals surface area contributed by atoms with Gasteiger partial charge >= 0.3 is 0 Å². The topological polar surface area (TPSA) is 44.8 Å². The Bertz CT molecular complexity index is 478. The number of hydrogen-bond acceptors (Lipinski definition) is 4. The van der Waals surface area contributed by atoms with Crippen LogP contribution in [0.2, 0.25) is 0 Å². The highest BCUT2D eigenvalue weighted by atomic mass is 16.7. The Morgan fingerprint density at radius 3 is 3.22 bits per heavy atom. The first kappa shape index (κ1) is 10.9. The van der Waals surface area contributed by atoms with E-state index >= 15 is 0 Å². The van der Waals surface area contributed by atoms with Crippen molar-refractivity contribution in [2.45, 2.75) is 12.2 Å². The van der Waals surface area contributed by atoms with E-state index in [1.165, 1.54) is 0 Å². The van der Waals surface area contributed by atoms with Crippen LogP contribution in [0.25, 0.3) is 0 Å². The fourth-order valence-electron chi connectivity index (χ4n) is 4.13. The zero-order chi connectivity index (χ0) is 12.4. The molecule has 2 aliphatic heterocycles. The lowest BCUT2D eigenvalue weighted by Crippen LogP contribution is -2.70. The number of Topliss-reactive ketones (excluding diaryl/α,β-unsaturated/α-hetero) is 1. The van der Waals surface area contributed by atoms with E-state index in [2.05, 4.69) is 6.08 Å². The number of hydrogen-bond donors (Lipinski definition) is 0. The van der Waals surface area contributed by atoms with Gasteiger partial charge in [-0.15, -0.1) is 0 Å². The molecule has 4 heteroatoms. The molecule has 4 nitrogen and oxygen atoms in total. The molecule has 0 aromatic heterocycles. The monoisotopic (exact) mass is 248 g/mol. The van der Waals surface area contributed by atoms with Gasteiger partial charge in [-0.25, -0.2) is 0 Å². The molecule has 0 N–H and O–H groups in total. The van der Waals surface area contributed by atoms with Crippen LogP contribution in [0.1, 0.15) is 6.42 Å². The number of carbonyl (C=O) groups excluding carboxylic acids is 1. The number of ketones is 1. The van der Waals surface area contributed by atoms with E-state index in [0.29, 0.717) is 19.8 Å². The summed E-state index contributed by atoms with van der Waals surface area (Å²) in [5.74, 6) is -1.01. The molecule has 3 aliphatic carbocycles. The lowest BCUT2D eigenvalue weighted by atomic mass is 9.53. The molecule has 96 valence electrons. The van der Waals surface area contributed by atoms with Crippen molar-refractivity contribution in [1.29, 1.82) is 0 Å². The van der Waals surface area contributed by atoms with Crippen LogP contribution in [0.4, 0.5) is 0 Å². The van der Waals surface area contributed by atoms with Gasteiger partial charge in [0.05, 0.1) is 31.2 Å². The first-order chi connectivity index (χ1) is 8.74. The normalized spacial score (nSPS) is 48.9. The Morgan fingerprint density at radius 2 is 2.39 bits per heavy atom. The van der Waals surface area contributed by atoms with Crippen molar-refractivity contribution in [2.24, 2.45) is 17.3 Å². The highest BCUT2D eigenvalue weighted by Crippen LogP contribution is 2.60. The summed E-state index contributed by atoms with van der Waals surface area (Å²) in [4.78, 5) is 12.6. The third-order valence-electron chi connectivity index (χ3n) is 4.93. The molecule has 2 heterocycles. The summed E-state index contributed by atoms with van der Waals surface area (Å²) in [5.41, 5.74) is 0.733. The summed E-state index contributed by atoms with van der Waals surface area (Å²) in [6.45, 7) is 1.82. The van der Waals surface area contributed by atoms with Gasteiger partial charge in [0.25, 0.3) is 0 Å². The van der Waals surface area contributed by atoms with E-state index in [4.69, 9.17) is 14.2 Å². The summed E-state index contributed by atoms with van der Waals surface area (Å²) in [5, 5.41) is 0. The molecule has 2 saturated heterocycles. The molecule has 2 fully saturated rings. The van der Waals surface area contributed by atoms with Crippen LogP contribution < -0.4 is 0 Å². The molecule has 0 aromatic carbocycles. The Hall–Kier alpha value is -0.970. The second kappa shape index (κ2) is 3.32. The van der Waals surface area contributed by atoms with Gasteiger partial charge in [0.15, 0.2) is 0 Å². The number of rotatable bonds is 1. The molecule has 0 saturated carbocycles. The third kappa shape index (κ3) is 0.942. The predicted octanol–water partition coefficient (Wildman–Crippen LogP) is 1.08. The van der Waals surface area contributed by atoms with E-state index in [9.17, 15) is 4.79 Å². The zero-order valence-corrected chi connectivity index (χ0v) is 10.3. The van der Waals surface area contributed by atoms with Gasteiger partial charge in [0.1, 0.15) is 0 Å². The summed E-state index contributed by atoms with van der Waals surface area (Å²) in [7, 11) is 1.58. The van der Waals surface area contributed by atoms with Gasteiger partial charge in [-0.05, 0) is 12.0 Å². The molecular weight excluding hydrogens is 232 g/mol. The van der Waals surface area contributed by atoms with Gasteiger partial charge in [0, 0.05) is 13.0 Å². The maximum Gasteiger partial charge on any atom is 0.243 e. The van der Waals surface area contributed by atoms with Crippen molar-refractivity contribution in [3.05, 3.63) is 23.8 Å². The minimum atomic E-state index is -1.11. The maximum atomic E-state index is 12.6. The zero-order valence-electron chi connectivity index (χ0n) is 10.3. The SMILES string of the molecule is COC12OCC[C@H]3COCC4=CC(C=CC431)C2=O. The Balaban J connectivity index is 1.99. The molecular formula is C14H16O4. The number of carbonyl (C=O) groups is 1. The van der Waals surface area contributed by atoms with Gasteiger partial charge in [0.2, 0.25) is 11.6 Å². The van der Waals surface area contributed by atoms with E-state index in [-0.39, 0.29) is 17.6 Å². The summed E-state index contributed by atoms with van der Waals surface area (Å²) in [6.07, 6.45) is 7.09. The molecule has 0 aromatic rings. The fraction of sp³-hybridized carbons (Fsp3) is 0.643.